The molecule has 0 atom stereocenters. The van der Waals surface area contributed by atoms with Gasteiger partial charge in [0.05, 0.1) is 11.3 Å². The summed E-state index contributed by atoms with van der Waals surface area (Å²) in [5.41, 5.74) is 5.66. The van der Waals surface area contributed by atoms with Crippen molar-refractivity contribution in [3.05, 3.63) is 39.8 Å². The third-order valence-corrected chi connectivity index (χ3v) is 1.54. The van der Waals surface area contributed by atoms with Crippen LogP contribution in [-0.2, 0) is 6.11 Å². The van der Waals surface area contributed by atoms with Crippen molar-refractivity contribution in [2.45, 2.75) is 6.11 Å². The van der Waals surface area contributed by atoms with Crippen LogP contribution in [0.4, 0.5) is 23.2 Å². The minimum atomic E-state index is -4.49. The first-order valence-corrected chi connectivity index (χ1v) is 3.51. The first-order valence-electron chi connectivity index (χ1n) is 3.51. The van der Waals surface area contributed by atoms with E-state index in [0.29, 0.717) is 12.1 Å². The lowest BCUT2D eigenvalue weighted by atomic mass is 10.1. The van der Waals surface area contributed by atoms with Gasteiger partial charge in [0.2, 0.25) is 0 Å². The molecule has 0 aliphatic carbocycles. The molecule has 4 nitrogen and oxygen atoms in total. The van der Waals surface area contributed by atoms with Crippen LogP contribution in [0.15, 0.2) is 17.2 Å². The quantitative estimate of drug-likeness (QED) is 0.354. The van der Waals surface area contributed by atoms with Crippen LogP contribution in [0.3, 0.4) is 0 Å². The lowest BCUT2D eigenvalue weighted by Crippen LogP contribution is -2.14. The topological polar surface area (TPSA) is 69.0 Å². The minimum absolute atomic E-state index is 0.433. The predicted octanol–water partition coefficient (Wildman–Crippen LogP) is 2.95. The Hall–Kier alpha value is -1.79. The van der Waals surface area contributed by atoms with Crippen molar-refractivity contribution in [2.24, 2.45) is 5.11 Å². The average Bonchev–Trinajstić information content (AvgIpc) is 2.11. The lowest BCUT2D eigenvalue weighted by Gasteiger charge is -2.10. The smallest absolute Gasteiger partial charge is 0.332 e. The summed E-state index contributed by atoms with van der Waals surface area (Å²) in [6.45, 7) is 0. The maximum atomic E-state index is 12.9. The molecule has 0 unspecified atom stereocenters. The molecular formula is C7H3F4N3O. The second-order valence-electron chi connectivity index (χ2n) is 2.49. The van der Waals surface area contributed by atoms with E-state index < -0.39 is 29.0 Å². The Labute approximate surface area is 80.4 Å². The maximum Gasteiger partial charge on any atom is 0.383 e. The number of rotatable bonds is 2. The molecule has 0 spiro atoms. The van der Waals surface area contributed by atoms with Crippen LogP contribution >= 0.6 is 0 Å². The molecule has 0 bridgehead atoms. The zero-order valence-corrected chi connectivity index (χ0v) is 6.96. The molecule has 1 aromatic rings. The standard InChI is InChI=1S/C7H3F4N3O/c8-5-3(7(10,11)15)1-2-4(6(5)9)13-14-12/h1-2,15H. The molecule has 1 N–H and O–H groups in total. The number of hydrogen-bond acceptors (Lipinski definition) is 2. The predicted molar refractivity (Wildman–Crippen MR) is 41.3 cm³/mol. The molecule has 0 saturated carbocycles. The van der Waals surface area contributed by atoms with Crippen molar-refractivity contribution in [1.29, 1.82) is 0 Å². The molecule has 8 heteroatoms. The Morgan fingerprint density at radius 1 is 1.27 bits per heavy atom. The SMILES string of the molecule is [N-]=[N+]=Nc1ccc(C(O)(F)F)c(F)c1F. The minimum Gasteiger partial charge on any atom is -0.332 e. The highest BCUT2D eigenvalue weighted by molar-refractivity contribution is 5.42. The van der Waals surface area contributed by atoms with Gasteiger partial charge in [0, 0.05) is 4.91 Å². The van der Waals surface area contributed by atoms with Gasteiger partial charge in [-0.05, 0) is 17.7 Å². The van der Waals surface area contributed by atoms with Gasteiger partial charge in [0.25, 0.3) is 0 Å². The molecule has 0 fully saturated rings. The second kappa shape index (κ2) is 3.76. The Balaban J connectivity index is 3.40. The summed E-state index contributed by atoms with van der Waals surface area (Å²) in [6.07, 6.45) is -4.49. The molecule has 15 heavy (non-hydrogen) atoms. The van der Waals surface area contributed by atoms with Gasteiger partial charge in [-0.3, -0.25) is 0 Å². The number of nitrogens with zero attached hydrogens (tertiary/aromatic N) is 3. The van der Waals surface area contributed by atoms with E-state index in [-0.39, 0.29) is 0 Å². The summed E-state index contributed by atoms with van der Waals surface area (Å²) in [5, 5.41) is 10.9. The molecule has 0 saturated heterocycles. The van der Waals surface area contributed by atoms with E-state index in [2.05, 4.69) is 10.0 Å². The number of benzene rings is 1. The van der Waals surface area contributed by atoms with E-state index in [1.807, 2.05) is 0 Å². The third-order valence-electron chi connectivity index (χ3n) is 1.54. The van der Waals surface area contributed by atoms with Crippen LogP contribution in [0, 0.1) is 11.6 Å². The summed E-state index contributed by atoms with van der Waals surface area (Å²) in [7, 11) is 0. The highest BCUT2D eigenvalue weighted by atomic mass is 19.3. The number of azide groups is 1. The van der Waals surface area contributed by atoms with Crippen LogP contribution in [0.25, 0.3) is 10.4 Å². The monoisotopic (exact) mass is 221 g/mol. The lowest BCUT2D eigenvalue weighted by molar-refractivity contribution is -0.210. The van der Waals surface area contributed by atoms with Gasteiger partial charge in [-0.1, -0.05) is 5.11 Å². The summed E-state index contributed by atoms with van der Waals surface area (Å²) < 4.78 is 50.3. The van der Waals surface area contributed by atoms with E-state index in [0.717, 1.165) is 0 Å². The van der Waals surface area contributed by atoms with Crippen LogP contribution in [0.1, 0.15) is 5.56 Å². The number of alkyl halides is 2. The Morgan fingerprint density at radius 3 is 2.33 bits per heavy atom. The van der Waals surface area contributed by atoms with Crippen LogP contribution in [-0.4, -0.2) is 5.11 Å². The fourth-order valence-corrected chi connectivity index (χ4v) is 0.897. The van der Waals surface area contributed by atoms with Crippen LogP contribution < -0.4 is 0 Å². The number of hydrogen-bond donors (Lipinski definition) is 1. The molecule has 0 radical (unpaired) electrons. The van der Waals surface area contributed by atoms with E-state index in [1.54, 1.807) is 0 Å². The Bertz CT molecular complexity index is 437. The summed E-state index contributed by atoms with van der Waals surface area (Å²) in [5.74, 6) is -3.69. The fraction of sp³-hybridized carbons (Fsp3) is 0.143. The van der Waals surface area contributed by atoms with Crippen molar-refractivity contribution in [3.8, 4) is 0 Å². The van der Waals surface area contributed by atoms with Gasteiger partial charge in [-0.2, -0.15) is 8.78 Å². The van der Waals surface area contributed by atoms with Gasteiger partial charge in [0.1, 0.15) is 0 Å². The highest BCUT2D eigenvalue weighted by Crippen LogP contribution is 2.31. The van der Waals surface area contributed by atoms with E-state index in [1.165, 1.54) is 0 Å². The molecule has 0 aromatic heterocycles. The van der Waals surface area contributed by atoms with Gasteiger partial charge >= 0.3 is 6.11 Å². The zero-order chi connectivity index (χ0) is 11.6. The Morgan fingerprint density at radius 2 is 1.87 bits per heavy atom. The van der Waals surface area contributed by atoms with Gasteiger partial charge in [-0.25, -0.2) is 8.78 Å². The molecule has 0 aliphatic rings. The molecule has 0 heterocycles. The van der Waals surface area contributed by atoms with Gasteiger partial charge < -0.3 is 5.11 Å². The first-order chi connectivity index (χ1) is 6.88. The number of aliphatic hydroxyl groups is 1. The van der Waals surface area contributed by atoms with E-state index in [9.17, 15) is 17.6 Å². The van der Waals surface area contributed by atoms with Gasteiger partial charge in [0.15, 0.2) is 11.6 Å². The Kier molecular flexibility index (Phi) is 2.83. The summed E-state index contributed by atoms with van der Waals surface area (Å²) in [6, 6.07) is 1.07. The average molecular weight is 221 g/mol. The van der Waals surface area contributed by atoms with Crippen molar-refractivity contribution < 1.29 is 22.7 Å². The zero-order valence-electron chi connectivity index (χ0n) is 6.96. The van der Waals surface area contributed by atoms with E-state index >= 15 is 0 Å². The first kappa shape index (κ1) is 11.3. The maximum absolute atomic E-state index is 12.9. The molecule has 1 aromatic carbocycles. The number of halogens is 4. The summed E-state index contributed by atoms with van der Waals surface area (Å²) in [4.78, 5) is 2.17. The second-order valence-corrected chi connectivity index (χ2v) is 2.49. The highest BCUT2D eigenvalue weighted by Gasteiger charge is 2.33. The molecule has 80 valence electrons. The van der Waals surface area contributed by atoms with Crippen molar-refractivity contribution >= 4 is 5.69 Å². The van der Waals surface area contributed by atoms with Crippen LogP contribution in [0.2, 0.25) is 0 Å². The van der Waals surface area contributed by atoms with E-state index in [4.69, 9.17) is 10.6 Å². The summed E-state index contributed by atoms with van der Waals surface area (Å²) >= 11 is 0. The van der Waals surface area contributed by atoms with Crippen molar-refractivity contribution in [1.82, 2.24) is 0 Å². The normalized spacial score (nSPS) is 11.0. The molecular weight excluding hydrogens is 218 g/mol. The molecule has 0 amide bonds. The van der Waals surface area contributed by atoms with Crippen LogP contribution in [0.5, 0.6) is 0 Å². The van der Waals surface area contributed by atoms with Crippen molar-refractivity contribution in [3.63, 3.8) is 0 Å². The van der Waals surface area contributed by atoms with Crippen molar-refractivity contribution in [2.75, 3.05) is 0 Å². The fourth-order valence-electron chi connectivity index (χ4n) is 0.897. The van der Waals surface area contributed by atoms with Gasteiger partial charge in [-0.15, -0.1) is 0 Å². The molecule has 0 aliphatic heterocycles. The molecule has 1 rings (SSSR count). The largest absolute Gasteiger partial charge is 0.383 e. The third kappa shape index (κ3) is 2.17.